The van der Waals surface area contributed by atoms with Crippen LogP contribution in [-0.2, 0) is 11.3 Å². The van der Waals surface area contributed by atoms with E-state index in [0.717, 1.165) is 32.8 Å². The second-order valence-corrected chi connectivity index (χ2v) is 7.94. The van der Waals surface area contributed by atoms with Crippen molar-refractivity contribution in [3.8, 4) is 17.0 Å². The minimum Gasteiger partial charge on any atom is -0.497 e. The molecule has 5 aromatic rings. The zero-order chi connectivity index (χ0) is 23.1. The molecule has 0 radical (unpaired) electrons. The van der Waals surface area contributed by atoms with E-state index in [4.69, 9.17) is 4.74 Å². The van der Waals surface area contributed by atoms with Gasteiger partial charge in [-0.3, -0.25) is 4.79 Å². The van der Waals surface area contributed by atoms with Gasteiger partial charge in [0.25, 0.3) is 0 Å². The summed E-state index contributed by atoms with van der Waals surface area (Å²) in [5.41, 5.74) is 5.12. The summed E-state index contributed by atoms with van der Waals surface area (Å²) in [5.74, 6) is 0.434. The first kappa shape index (κ1) is 20.5. The number of anilines is 1. The van der Waals surface area contributed by atoms with Crippen LogP contribution in [0.3, 0.4) is 0 Å². The van der Waals surface area contributed by atoms with Crippen molar-refractivity contribution >= 4 is 22.8 Å². The number of carbonyl (C=O) groups excluding carboxylic acids is 1. The molecule has 0 saturated heterocycles. The number of carbonyl (C=O) groups is 1. The Hall–Kier alpha value is -4.40. The fourth-order valence-corrected chi connectivity index (χ4v) is 3.92. The average Bonchev–Trinajstić information content (AvgIpc) is 3.35. The second kappa shape index (κ2) is 7.94. The van der Waals surface area contributed by atoms with Crippen molar-refractivity contribution in [2.75, 3.05) is 12.4 Å². The summed E-state index contributed by atoms with van der Waals surface area (Å²) in [6.45, 7) is 3.73. The van der Waals surface area contributed by atoms with Crippen LogP contribution >= 0.6 is 0 Å². The van der Waals surface area contributed by atoms with Gasteiger partial charge in [0.2, 0.25) is 5.91 Å². The van der Waals surface area contributed by atoms with Gasteiger partial charge in [-0.25, -0.2) is 18.4 Å². The highest BCUT2D eigenvalue weighted by molar-refractivity contribution is 5.90. The minimum absolute atomic E-state index is 0.195. The highest BCUT2D eigenvalue weighted by atomic mass is 16.5. The number of ether oxygens (including phenoxy) is 1. The summed E-state index contributed by atoms with van der Waals surface area (Å²) in [6.07, 6.45) is 3.29. The van der Waals surface area contributed by atoms with Crippen molar-refractivity contribution in [2.24, 2.45) is 0 Å². The fourth-order valence-electron chi connectivity index (χ4n) is 3.92. The Labute approximate surface area is 188 Å². The first-order valence-corrected chi connectivity index (χ1v) is 10.4. The summed E-state index contributed by atoms with van der Waals surface area (Å²) in [4.78, 5) is 25.4. The van der Waals surface area contributed by atoms with E-state index in [2.05, 4.69) is 15.5 Å². The smallest absolute Gasteiger partial charge is 0.350 e. The molecule has 0 spiro atoms. The number of benzene rings is 2. The van der Waals surface area contributed by atoms with Crippen LogP contribution in [0.25, 0.3) is 22.4 Å². The minimum atomic E-state index is -0.393. The quantitative estimate of drug-likeness (QED) is 0.451. The van der Waals surface area contributed by atoms with Crippen molar-refractivity contribution in [2.45, 2.75) is 20.4 Å². The molecule has 2 aromatic carbocycles. The summed E-state index contributed by atoms with van der Waals surface area (Å²) in [7, 11) is 1.62. The number of amides is 1. The molecular formula is C24H22N6O3. The summed E-state index contributed by atoms with van der Waals surface area (Å²) < 4.78 is 9.45. The molecule has 1 N–H and O–H groups in total. The Morgan fingerprint density at radius 2 is 1.73 bits per heavy atom. The molecule has 0 aliphatic rings. The number of nitrogens with one attached hydrogen (secondary N) is 1. The van der Waals surface area contributed by atoms with Crippen LogP contribution in [0.4, 0.5) is 5.69 Å². The van der Waals surface area contributed by atoms with E-state index in [1.165, 1.54) is 4.40 Å². The standard InChI is InChI=1S/C24H22N6O3/c1-15-10-16(2)12-18(11-15)25-22(31)14-30-24(32)28-8-9-29-21(23(28)27-30)13-20(26-29)17-4-6-19(33-3)7-5-17/h4-13H,14H2,1-3H3,(H,25,31). The van der Waals surface area contributed by atoms with Crippen LogP contribution in [0.2, 0.25) is 0 Å². The van der Waals surface area contributed by atoms with Gasteiger partial charge in [0.15, 0.2) is 5.65 Å². The Morgan fingerprint density at radius 3 is 2.42 bits per heavy atom. The van der Waals surface area contributed by atoms with Gasteiger partial charge in [0.1, 0.15) is 17.8 Å². The van der Waals surface area contributed by atoms with E-state index in [-0.39, 0.29) is 12.5 Å². The van der Waals surface area contributed by atoms with Crippen LogP contribution in [0.15, 0.2) is 65.7 Å². The van der Waals surface area contributed by atoms with Crippen LogP contribution in [0, 0.1) is 13.8 Å². The maximum absolute atomic E-state index is 12.9. The zero-order valence-corrected chi connectivity index (χ0v) is 18.4. The highest BCUT2D eigenvalue weighted by Gasteiger charge is 2.15. The van der Waals surface area contributed by atoms with Crippen LogP contribution in [0.1, 0.15) is 11.1 Å². The van der Waals surface area contributed by atoms with Crippen molar-refractivity contribution < 1.29 is 9.53 Å². The number of rotatable bonds is 5. The molecule has 0 unspecified atom stereocenters. The monoisotopic (exact) mass is 442 g/mol. The van der Waals surface area contributed by atoms with E-state index in [1.54, 1.807) is 24.0 Å². The molecular weight excluding hydrogens is 420 g/mol. The first-order valence-electron chi connectivity index (χ1n) is 10.4. The third kappa shape index (κ3) is 3.84. The molecule has 3 aromatic heterocycles. The Balaban J connectivity index is 1.47. The third-order valence-corrected chi connectivity index (χ3v) is 5.38. The maximum Gasteiger partial charge on any atom is 0.350 e. The molecule has 1 amide bonds. The third-order valence-electron chi connectivity index (χ3n) is 5.38. The van der Waals surface area contributed by atoms with Gasteiger partial charge in [-0.15, -0.1) is 5.10 Å². The molecule has 0 saturated carbocycles. The Bertz CT molecular complexity index is 1540. The van der Waals surface area contributed by atoms with Gasteiger partial charge >= 0.3 is 5.69 Å². The maximum atomic E-state index is 12.9. The van der Waals surface area contributed by atoms with Crippen LogP contribution in [0.5, 0.6) is 5.75 Å². The lowest BCUT2D eigenvalue weighted by atomic mass is 10.1. The second-order valence-electron chi connectivity index (χ2n) is 7.94. The lowest BCUT2D eigenvalue weighted by molar-refractivity contribution is -0.117. The number of methoxy groups -OCH3 is 1. The van der Waals surface area contributed by atoms with Gasteiger partial charge in [-0.2, -0.15) is 5.10 Å². The van der Waals surface area contributed by atoms with E-state index < -0.39 is 5.69 Å². The molecule has 33 heavy (non-hydrogen) atoms. The number of nitrogens with zero attached hydrogens (tertiary/aromatic N) is 5. The molecule has 0 bridgehead atoms. The SMILES string of the molecule is COc1ccc(-c2cc3c4nn(CC(=O)Nc5cc(C)cc(C)c5)c(=O)n4ccn3n2)cc1. The van der Waals surface area contributed by atoms with Crippen molar-refractivity contribution in [3.05, 3.63) is 82.5 Å². The average molecular weight is 442 g/mol. The molecule has 0 fully saturated rings. The number of aryl methyl sites for hydroxylation is 2. The molecule has 9 heteroatoms. The number of fused-ring (bicyclic) bond motifs is 3. The molecule has 0 aliphatic carbocycles. The molecule has 0 aliphatic heterocycles. The Morgan fingerprint density at radius 1 is 1.00 bits per heavy atom. The summed E-state index contributed by atoms with van der Waals surface area (Å²) >= 11 is 0. The fraction of sp³-hybridized carbons (Fsp3) is 0.167. The van der Waals surface area contributed by atoms with Crippen LogP contribution in [-0.4, -0.2) is 36.8 Å². The van der Waals surface area contributed by atoms with E-state index in [9.17, 15) is 9.59 Å². The molecule has 5 rings (SSSR count). The topological polar surface area (TPSA) is 94.9 Å². The Kier molecular flexibility index (Phi) is 4.93. The molecule has 3 heterocycles. The van der Waals surface area contributed by atoms with Crippen molar-refractivity contribution in [3.63, 3.8) is 0 Å². The molecule has 0 atom stereocenters. The highest BCUT2D eigenvalue weighted by Crippen LogP contribution is 2.23. The van der Waals surface area contributed by atoms with Gasteiger partial charge in [-0.05, 0) is 67.4 Å². The lowest BCUT2D eigenvalue weighted by Gasteiger charge is -2.07. The largest absolute Gasteiger partial charge is 0.497 e. The van der Waals surface area contributed by atoms with E-state index in [1.807, 2.05) is 62.4 Å². The number of aromatic nitrogens is 5. The summed E-state index contributed by atoms with van der Waals surface area (Å²) in [5, 5.41) is 11.8. The number of hydrogen-bond donors (Lipinski definition) is 1. The van der Waals surface area contributed by atoms with Crippen LogP contribution < -0.4 is 15.7 Å². The van der Waals surface area contributed by atoms with Gasteiger partial charge in [0, 0.05) is 23.6 Å². The molecule has 166 valence electrons. The predicted molar refractivity (Wildman–Crippen MR) is 125 cm³/mol. The first-order chi connectivity index (χ1) is 15.9. The predicted octanol–water partition coefficient (Wildman–Crippen LogP) is 3.07. The van der Waals surface area contributed by atoms with E-state index in [0.29, 0.717) is 16.9 Å². The normalized spacial score (nSPS) is 11.2. The van der Waals surface area contributed by atoms with Crippen molar-refractivity contribution in [1.29, 1.82) is 0 Å². The molecule has 9 nitrogen and oxygen atoms in total. The van der Waals surface area contributed by atoms with Gasteiger partial charge in [-0.1, -0.05) is 6.07 Å². The lowest BCUT2D eigenvalue weighted by Crippen LogP contribution is -2.28. The van der Waals surface area contributed by atoms with E-state index >= 15 is 0 Å². The number of hydrogen-bond acceptors (Lipinski definition) is 5. The van der Waals surface area contributed by atoms with Gasteiger partial charge in [0.05, 0.1) is 12.8 Å². The van der Waals surface area contributed by atoms with Crippen molar-refractivity contribution in [1.82, 2.24) is 23.8 Å². The van der Waals surface area contributed by atoms with Gasteiger partial charge < -0.3 is 10.1 Å². The summed E-state index contributed by atoms with van der Waals surface area (Å²) in [6, 6.07) is 15.2. The zero-order valence-electron chi connectivity index (χ0n) is 18.4.